The molecule has 0 saturated carbocycles. The van der Waals surface area contributed by atoms with Crippen molar-refractivity contribution in [3.05, 3.63) is 29.6 Å². The van der Waals surface area contributed by atoms with Crippen LogP contribution in [0, 0.1) is 17.7 Å². The van der Waals surface area contributed by atoms with E-state index < -0.39 is 16.0 Å². The summed E-state index contributed by atoms with van der Waals surface area (Å²) in [6.45, 7) is 3.10. The average molecular weight is 300 g/mol. The maximum atomic E-state index is 13.8. The van der Waals surface area contributed by atoms with Crippen LogP contribution in [0.15, 0.2) is 18.2 Å². The van der Waals surface area contributed by atoms with E-state index in [1.165, 1.54) is 19.2 Å². The lowest BCUT2D eigenvalue weighted by molar-refractivity contribution is 0.350. The molecule has 0 spiro atoms. The van der Waals surface area contributed by atoms with Gasteiger partial charge in [-0.15, -0.1) is 0 Å². The van der Waals surface area contributed by atoms with Gasteiger partial charge in [0.25, 0.3) is 0 Å². The summed E-state index contributed by atoms with van der Waals surface area (Å²) in [5, 5.41) is 8.55. The van der Waals surface area contributed by atoms with Crippen LogP contribution >= 0.6 is 0 Å². The summed E-state index contributed by atoms with van der Waals surface area (Å²) in [5.41, 5.74) is 0.212. The van der Waals surface area contributed by atoms with Gasteiger partial charge in [0, 0.05) is 18.7 Å². The molecule has 0 radical (unpaired) electrons. The normalized spacial score (nSPS) is 11.3. The van der Waals surface area contributed by atoms with Gasteiger partial charge in [0.1, 0.15) is 12.4 Å². The Labute approximate surface area is 118 Å². The van der Waals surface area contributed by atoms with Crippen LogP contribution in [0.4, 0.5) is 10.1 Å². The molecule has 0 bridgehead atoms. The molecule has 0 aliphatic heterocycles. The zero-order valence-electron chi connectivity index (χ0n) is 11.5. The Bertz CT molecular complexity index is 633. The number of anilines is 1. The van der Waals surface area contributed by atoms with E-state index in [1.807, 2.05) is 0 Å². The standard InChI is InChI=1S/C13H17FN2O3S/c1-10(2)16(3)20(18,19)15-13-7-6-11(5-4-8-17)9-12(13)14/h6-7,9-10,15,17H,8H2,1-3H3. The quantitative estimate of drug-likeness (QED) is 0.820. The van der Waals surface area contributed by atoms with Gasteiger partial charge in [0.05, 0.1) is 5.69 Å². The van der Waals surface area contributed by atoms with Crippen molar-refractivity contribution in [1.82, 2.24) is 4.31 Å². The van der Waals surface area contributed by atoms with Crippen LogP contribution in [-0.2, 0) is 10.2 Å². The van der Waals surface area contributed by atoms with Gasteiger partial charge in [0.15, 0.2) is 0 Å². The first-order valence-electron chi connectivity index (χ1n) is 5.93. The fourth-order valence-electron chi connectivity index (χ4n) is 1.31. The van der Waals surface area contributed by atoms with Crippen molar-refractivity contribution in [2.75, 3.05) is 18.4 Å². The topological polar surface area (TPSA) is 69.6 Å². The lowest BCUT2D eigenvalue weighted by Gasteiger charge is -2.21. The number of hydrogen-bond acceptors (Lipinski definition) is 3. The van der Waals surface area contributed by atoms with Crippen LogP contribution in [0.2, 0.25) is 0 Å². The molecule has 0 heterocycles. The number of nitrogens with one attached hydrogen (secondary N) is 1. The van der Waals surface area contributed by atoms with E-state index in [1.54, 1.807) is 13.8 Å². The van der Waals surface area contributed by atoms with Gasteiger partial charge in [-0.2, -0.15) is 12.7 Å². The Morgan fingerprint density at radius 2 is 2.10 bits per heavy atom. The van der Waals surface area contributed by atoms with E-state index >= 15 is 0 Å². The number of rotatable bonds is 4. The van der Waals surface area contributed by atoms with Gasteiger partial charge in [-0.25, -0.2) is 4.39 Å². The first-order chi connectivity index (χ1) is 9.27. The van der Waals surface area contributed by atoms with Crippen LogP contribution in [0.25, 0.3) is 0 Å². The number of nitrogens with zero attached hydrogens (tertiary/aromatic N) is 1. The Morgan fingerprint density at radius 1 is 1.45 bits per heavy atom. The molecule has 0 amide bonds. The van der Waals surface area contributed by atoms with Crippen molar-refractivity contribution in [3.63, 3.8) is 0 Å². The molecule has 0 aliphatic rings. The molecule has 2 N–H and O–H groups in total. The second kappa shape index (κ2) is 6.70. The van der Waals surface area contributed by atoms with Crippen LogP contribution in [0.1, 0.15) is 19.4 Å². The summed E-state index contributed by atoms with van der Waals surface area (Å²) >= 11 is 0. The minimum Gasteiger partial charge on any atom is -0.384 e. The Morgan fingerprint density at radius 3 is 2.60 bits per heavy atom. The highest BCUT2D eigenvalue weighted by Gasteiger charge is 2.21. The van der Waals surface area contributed by atoms with Crippen molar-refractivity contribution < 1.29 is 17.9 Å². The van der Waals surface area contributed by atoms with Crippen LogP contribution in [-0.4, -0.2) is 37.5 Å². The van der Waals surface area contributed by atoms with E-state index in [0.29, 0.717) is 5.56 Å². The highest BCUT2D eigenvalue weighted by atomic mass is 32.2. The monoisotopic (exact) mass is 300 g/mol. The van der Waals surface area contributed by atoms with Gasteiger partial charge in [-0.05, 0) is 32.0 Å². The molecular weight excluding hydrogens is 283 g/mol. The highest BCUT2D eigenvalue weighted by Crippen LogP contribution is 2.18. The van der Waals surface area contributed by atoms with Gasteiger partial charge >= 0.3 is 10.2 Å². The average Bonchev–Trinajstić information content (AvgIpc) is 2.38. The summed E-state index contributed by atoms with van der Waals surface area (Å²) in [6, 6.07) is 3.63. The third-order valence-corrected chi connectivity index (χ3v) is 4.28. The predicted octanol–water partition coefficient (Wildman–Crippen LogP) is 1.17. The van der Waals surface area contributed by atoms with Gasteiger partial charge < -0.3 is 5.11 Å². The smallest absolute Gasteiger partial charge is 0.301 e. The molecular formula is C13H17FN2O3S. The van der Waals surface area contributed by atoms with Crippen molar-refractivity contribution in [2.24, 2.45) is 0 Å². The van der Waals surface area contributed by atoms with Crippen molar-refractivity contribution in [2.45, 2.75) is 19.9 Å². The van der Waals surface area contributed by atoms with Gasteiger partial charge in [0.2, 0.25) is 0 Å². The summed E-state index contributed by atoms with van der Waals surface area (Å²) in [6.07, 6.45) is 0. The molecule has 110 valence electrons. The lowest BCUT2D eigenvalue weighted by atomic mass is 10.2. The SMILES string of the molecule is CC(C)N(C)S(=O)(=O)Nc1ccc(C#CCO)cc1F. The third kappa shape index (κ3) is 4.20. The largest absolute Gasteiger partial charge is 0.384 e. The molecule has 0 aromatic heterocycles. The maximum Gasteiger partial charge on any atom is 0.301 e. The second-order valence-corrected chi connectivity index (χ2v) is 6.10. The number of hydrogen-bond donors (Lipinski definition) is 2. The fourth-order valence-corrected chi connectivity index (χ4v) is 2.45. The molecule has 1 rings (SSSR count). The lowest BCUT2D eigenvalue weighted by Crippen LogP contribution is -2.37. The molecule has 1 aromatic carbocycles. The highest BCUT2D eigenvalue weighted by molar-refractivity contribution is 7.90. The molecule has 5 nitrogen and oxygen atoms in total. The zero-order valence-corrected chi connectivity index (χ0v) is 12.3. The molecule has 7 heteroatoms. The first kappa shape index (κ1) is 16.4. The summed E-state index contributed by atoms with van der Waals surface area (Å²) < 4.78 is 41.0. The van der Waals surface area contributed by atoms with Gasteiger partial charge in [-0.3, -0.25) is 4.72 Å². The fraction of sp³-hybridized carbons (Fsp3) is 0.385. The minimum absolute atomic E-state index is 0.146. The maximum absolute atomic E-state index is 13.8. The number of aliphatic hydroxyl groups is 1. The third-order valence-electron chi connectivity index (χ3n) is 2.63. The Balaban J connectivity index is 3.00. The Kier molecular flexibility index (Phi) is 5.51. The van der Waals surface area contributed by atoms with E-state index in [9.17, 15) is 12.8 Å². The van der Waals surface area contributed by atoms with Crippen molar-refractivity contribution >= 4 is 15.9 Å². The molecule has 20 heavy (non-hydrogen) atoms. The summed E-state index contributed by atoms with van der Waals surface area (Å²) in [4.78, 5) is 0. The number of benzene rings is 1. The Hall–Kier alpha value is -1.62. The summed E-state index contributed by atoms with van der Waals surface area (Å²) in [7, 11) is -2.39. The molecule has 0 atom stereocenters. The first-order valence-corrected chi connectivity index (χ1v) is 7.37. The number of aliphatic hydroxyl groups excluding tert-OH is 1. The van der Waals surface area contributed by atoms with Crippen molar-refractivity contribution in [3.8, 4) is 11.8 Å². The second-order valence-electron chi connectivity index (χ2n) is 4.37. The molecule has 1 aromatic rings. The van der Waals surface area contributed by atoms with E-state index in [2.05, 4.69) is 16.6 Å². The number of halogens is 1. The van der Waals surface area contributed by atoms with Crippen LogP contribution in [0.5, 0.6) is 0 Å². The summed E-state index contributed by atoms with van der Waals surface area (Å²) in [5.74, 6) is 4.20. The predicted molar refractivity (Wildman–Crippen MR) is 75.8 cm³/mol. The van der Waals surface area contributed by atoms with Gasteiger partial charge in [-0.1, -0.05) is 11.8 Å². The zero-order chi connectivity index (χ0) is 15.3. The molecule has 0 saturated heterocycles. The minimum atomic E-state index is -3.80. The van der Waals surface area contributed by atoms with E-state index in [-0.39, 0.29) is 18.3 Å². The molecule has 0 aliphatic carbocycles. The van der Waals surface area contributed by atoms with E-state index in [4.69, 9.17) is 5.11 Å². The van der Waals surface area contributed by atoms with E-state index in [0.717, 1.165) is 10.4 Å². The van der Waals surface area contributed by atoms with Crippen LogP contribution < -0.4 is 4.72 Å². The molecule has 0 unspecified atom stereocenters. The van der Waals surface area contributed by atoms with Crippen molar-refractivity contribution in [1.29, 1.82) is 0 Å². The van der Waals surface area contributed by atoms with Crippen LogP contribution in [0.3, 0.4) is 0 Å². The molecule has 0 fully saturated rings.